The average molecular weight is 391 g/mol. The minimum Gasteiger partial charge on any atom is -0.322 e. The van der Waals surface area contributed by atoms with Crippen LogP contribution in [0.5, 0.6) is 0 Å². The van der Waals surface area contributed by atoms with Gasteiger partial charge in [-0.05, 0) is 54.3 Å². The lowest BCUT2D eigenvalue weighted by Gasteiger charge is -2.11. The fourth-order valence-corrected chi connectivity index (χ4v) is 3.98. The van der Waals surface area contributed by atoms with Crippen LogP contribution in [0.25, 0.3) is 0 Å². The van der Waals surface area contributed by atoms with Gasteiger partial charge >= 0.3 is 0 Å². The highest BCUT2D eigenvalue weighted by molar-refractivity contribution is 7.98. The van der Waals surface area contributed by atoms with Crippen LogP contribution in [0, 0.1) is 11.3 Å². The lowest BCUT2D eigenvalue weighted by atomic mass is 10.2. The molecule has 0 bridgehead atoms. The Morgan fingerprint density at radius 3 is 2.56 bits per heavy atom. The van der Waals surface area contributed by atoms with E-state index < -0.39 is 0 Å². The SMILES string of the molecule is CSc1cccc(NC(=O)c2ccccc2SCc2ccc(C#N)cc2)c1. The number of hydrogen-bond acceptors (Lipinski definition) is 4. The molecule has 5 heteroatoms. The molecule has 1 amide bonds. The van der Waals surface area contributed by atoms with Gasteiger partial charge in [-0.1, -0.05) is 30.3 Å². The van der Waals surface area contributed by atoms with Gasteiger partial charge in [-0.2, -0.15) is 5.26 Å². The molecule has 0 unspecified atom stereocenters. The van der Waals surface area contributed by atoms with Crippen molar-refractivity contribution >= 4 is 35.1 Å². The lowest BCUT2D eigenvalue weighted by Crippen LogP contribution is -2.13. The normalized spacial score (nSPS) is 10.2. The second-order valence-corrected chi connectivity index (χ2v) is 7.68. The number of carbonyl (C=O) groups is 1. The van der Waals surface area contributed by atoms with Crippen LogP contribution >= 0.6 is 23.5 Å². The highest BCUT2D eigenvalue weighted by atomic mass is 32.2. The van der Waals surface area contributed by atoms with E-state index in [1.807, 2.05) is 79.1 Å². The van der Waals surface area contributed by atoms with Crippen LogP contribution in [0.3, 0.4) is 0 Å². The maximum atomic E-state index is 12.8. The first-order valence-corrected chi connectivity index (χ1v) is 10.6. The topological polar surface area (TPSA) is 52.9 Å². The van der Waals surface area contributed by atoms with E-state index >= 15 is 0 Å². The number of hydrogen-bond donors (Lipinski definition) is 1. The van der Waals surface area contributed by atoms with Crippen molar-refractivity contribution in [3.05, 3.63) is 89.5 Å². The maximum Gasteiger partial charge on any atom is 0.256 e. The Morgan fingerprint density at radius 2 is 1.81 bits per heavy atom. The van der Waals surface area contributed by atoms with Crippen molar-refractivity contribution < 1.29 is 4.79 Å². The monoisotopic (exact) mass is 390 g/mol. The summed E-state index contributed by atoms with van der Waals surface area (Å²) in [6.45, 7) is 0. The maximum absolute atomic E-state index is 12.8. The standard InChI is InChI=1S/C22H18N2OS2/c1-26-19-6-4-5-18(13-19)24-22(25)20-7-2-3-8-21(20)27-15-17-11-9-16(14-23)10-12-17/h2-13H,15H2,1H3,(H,24,25). The molecule has 0 heterocycles. The number of amides is 1. The summed E-state index contributed by atoms with van der Waals surface area (Å²) in [5, 5.41) is 11.9. The fourth-order valence-electron chi connectivity index (χ4n) is 2.52. The van der Waals surface area contributed by atoms with Crippen LogP contribution in [0.1, 0.15) is 21.5 Å². The van der Waals surface area contributed by atoms with E-state index in [9.17, 15) is 4.79 Å². The van der Waals surface area contributed by atoms with E-state index in [2.05, 4.69) is 11.4 Å². The van der Waals surface area contributed by atoms with Crippen molar-refractivity contribution in [1.29, 1.82) is 5.26 Å². The van der Waals surface area contributed by atoms with Crippen molar-refractivity contribution in [2.45, 2.75) is 15.5 Å². The van der Waals surface area contributed by atoms with Crippen LogP contribution in [-0.2, 0) is 5.75 Å². The van der Waals surface area contributed by atoms with E-state index in [4.69, 9.17) is 5.26 Å². The number of benzene rings is 3. The highest BCUT2D eigenvalue weighted by Crippen LogP contribution is 2.27. The summed E-state index contributed by atoms with van der Waals surface area (Å²) < 4.78 is 0. The van der Waals surface area contributed by atoms with Crippen LogP contribution in [-0.4, -0.2) is 12.2 Å². The second kappa shape index (κ2) is 9.31. The third-order valence-electron chi connectivity index (χ3n) is 3.94. The van der Waals surface area contributed by atoms with Gasteiger partial charge in [0.2, 0.25) is 0 Å². The van der Waals surface area contributed by atoms with Gasteiger partial charge in [0.15, 0.2) is 0 Å². The van der Waals surface area contributed by atoms with Crippen molar-refractivity contribution in [3.8, 4) is 6.07 Å². The van der Waals surface area contributed by atoms with Crippen molar-refractivity contribution in [2.24, 2.45) is 0 Å². The van der Waals surface area contributed by atoms with Crippen LogP contribution in [0.4, 0.5) is 5.69 Å². The molecular formula is C22H18N2OS2. The van der Waals surface area contributed by atoms with Crippen molar-refractivity contribution in [1.82, 2.24) is 0 Å². The quantitative estimate of drug-likeness (QED) is 0.539. The Morgan fingerprint density at radius 1 is 1.04 bits per heavy atom. The minimum atomic E-state index is -0.115. The van der Waals surface area contributed by atoms with E-state index in [1.54, 1.807) is 23.5 Å². The zero-order valence-corrected chi connectivity index (χ0v) is 16.4. The summed E-state index contributed by atoms with van der Waals surface area (Å²) in [5.41, 5.74) is 3.21. The molecule has 0 aliphatic rings. The van der Waals surface area contributed by atoms with Gasteiger partial charge < -0.3 is 5.32 Å². The van der Waals surface area contributed by atoms with E-state index in [0.717, 1.165) is 26.8 Å². The van der Waals surface area contributed by atoms with Gasteiger partial charge in [0.05, 0.1) is 17.2 Å². The Kier molecular flexibility index (Phi) is 6.59. The third kappa shape index (κ3) is 5.16. The van der Waals surface area contributed by atoms with Gasteiger partial charge in [-0.25, -0.2) is 0 Å². The Balaban J connectivity index is 1.72. The summed E-state index contributed by atoms with van der Waals surface area (Å²) in [6.07, 6.45) is 2.01. The molecule has 3 nitrogen and oxygen atoms in total. The number of rotatable bonds is 6. The molecule has 0 saturated carbocycles. The third-order valence-corrected chi connectivity index (χ3v) is 5.81. The van der Waals surface area contributed by atoms with Crippen molar-refractivity contribution in [3.63, 3.8) is 0 Å². The molecular weight excluding hydrogens is 372 g/mol. The van der Waals surface area contributed by atoms with E-state index in [0.29, 0.717) is 11.1 Å². The number of nitriles is 1. The van der Waals surface area contributed by atoms with E-state index in [-0.39, 0.29) is 5.91 Å². The summed E-state index contributed by atoms with van der Waals surface area (Å²) >= 11 is 3.25. The van der Waals surface area contributed by atoms with Gasteiger partial charge in [0, 0.05) is 21.2 Å². The first kappa shape index (κ1) is 19.1. The minimum absolute atomic E-state index is 0.115. The van der Waals surface area contributed by atoms with Gasteiger partial charge in [0.1, 0.15) is 0 Å². The summed E-state index contributed by atoms with van der Waals surface area (Å²) in [5.74, 6) is 0.619. The Hall–Kier alpha value is -2.68. The molecule has 0 aliphatic heterocycles. The lowest BCUT2D eigenvalue weighted by molar-refractivity contribution is 0.102. The molecule has 134 valence electrons. The Labute approximate surface area is 167 Å². The molecule has 3 aromatic rings. The molecule has 0 saturated heterocycles. The van der Waals surface area contributed by atoms with Crippen LogP contribution in [0.2, 0.25) is 0 Å². The molecule has 0 aromatic heterocycles. The largest absolute Gasteiger partial charge is 0.322 e. The average Bonchev–Trinajstić information content (AvgIpc) is 2.73. The molecule has 27 heavy (non-hydrogen) atoms. The number of anilines is 1. The molecule has 3 rings (SSSR count). The number of nitrogens with zero attached hydrogens (tertiary/aromatic N) is 1. The number of carbonyl (C=O) groups excluding carboxylic acids is 1. The zero-order valence-electron chi connectivity index (χ0n) is 14.8. The molecule has 0 aliphatic carbocycles. The highest BCUT2D eigenvalue weighted by Gasteiger charge is 2.12. The first-order chi connectivity index (χ1) is 13.2. The molecule has 0 fully saturated rings. The predicted molar refractivity (Wildman–Crippen MR) is 113 cm³/mol. The predicted octanol–water partition coefficient (Wildman–Crippen LogP) is 5.82. The number of nitrogens with one attached hydrogen (secondary N) is 1. The van der Waals surface area contributed by atoms with Crippen molar-refractivity contribution in [2.75, 3.05) is 11.6 Å². The molecule has 1 N–H and O–H groups in total. The fraction of sp³-hybridized carbons (Fsp3) is 0.0909. The molecule has 0 atom stereocenters. The van der Waals surface area contributed by atoms with Crippen LogP contribution < -0.4 is 5.32 Å². The first-order valence-electron chi connectivity index (χ1n) is 8.36. The van der Waals surface area contributed by atoms with Gasteiger partial charge in [-0.15, -0.1) is 23.5 Å². The summed E-state index contributed by atoms with van der Waals surface area (Å²) in [6, 6.07) is 25.1. The molecule has 3 aromatic carbocycles. The van der Waals surface area contributed by atoms with Gasteiger partial charge in [-0.3, -0.25) is 4.79 Å². The Bertz CT molecular complexity index is 978. The summed E-state index contributed by atoms with van der Waals surface area (Å²) in [4.78, 5) is 14.8. The van der Waals surface area contributed by atoms with E-state index in [1.165, 1.54) is 0 Å². The zero-order chi connectivity index (χ0) is 19.1. The smallest absolute Gasteiger partial charge is 0.256 e. The molecule has 0 radical (unpaired) electrons. The van der Waals surface area contributed by atoms with Crippen LogP contribution in [0.15, 0.2) is 82.6 Å². The molecule has 0 spiro atoms. The number of thioether (sulfide) groups is 2. The van der Waals surface area contributed by atoms with Gasteiger partial charge in [0.25, 0.3) is 5.91 Å². The second-order valence-electron chi connectivity index (χ2n) is 5.78. The summed E-state index contributed by atoms with van der Waals surface area (Å²) in [7, 11) is 0.